The Morgan fingerprint density at radius 3 is 2.69 bits per heavy atom. The molecule has 1 N–H and O–H groups in total. The van der Waals surface area contributed by atoms with Gasteiger partial charge in [0.25, 0.3) is 0 Å². The lowest BCUT2D eigenvalue weighted by molar-refractivity contribution is -0.116. The summed E-state index contributed by atoms with van der Waals surface area (Å²) in [5.41, 5.74) is 2.16. The van der Waals surface area contributed by atoms with Crippen LogP contribution in [0.1, 0.15) is 31.3 Å². The first-order chi connectivity index (χ1) is 15.2. The maximum Gasteiger partial charge on any atom is 0.242 e. The minimum Gasteiger partial charge on any atom is -0.328 e. The molecule has 0 saturated heterocycles. The van der Waals surface area contributed by atoms with Crippen molar-refractivity contribution >= 4 is 32.8 Å². The van der Waals surface area contributed by atoms with Gasteiger partial charge in [0.1, 0.15) is 11.6 Å². The minimum absolute atomic E-state index is 0.182. The number of nitrogens with one attached hydrogen (secondary N) is 1. The molecule has 0 radical (unpaired) electrons. The lowest BCUT2D eigenvalue weighted by Gasteiger charge is -2.11. The molecule has 11 heteroatoms. The van der Waals surface area contributed by atoms with Crippen molar-refractivity contribution in [2.45, 2.75) is 51.1 Å². The Balaban J connectivity index is 1.77. The van der Waals surface area contributed by atoms with E-state index < -0.39 is 10.0 Å². The number of imidazole rings is 1. The number of anilines is 1. The number of nitriles is 1. The number of carbonyl (C=O) groups excluding carboxylic acids is 1. The van der Waals surface area contributed by atoms with Gasteiger partial charge in [0, 0.05) is 39.5 Å². The van der Waals surface area contributed by atoms with E-state index >= 15 is 0 Å². The molecule has 170 valence electrons. The molecule has 0 bridgehead atoms. The Labute approximate surface area is 187 Å². The fourth-order valence-electron chi connectivity index (χ4n) is 3.48. The zero-order valence-electron chi connectivity index (χ0n) is 18.7. The van der Waals surface area contributed by atoms with Crippen LogP contribution in [0.25, 0.3) is 11.0 Å². The monoisotopic (exact) mass is 457 g/mol. The van der Waals surface area contributed by atoms with Gasteiger partial charge in [-0.1, -0.05) is 0 Å². The van der Waals surface area contributed by atoms with E-state index in [0.717, 1.165) is 11.2 Å². The summed E-state index contributed by atoms with van der Waals surface area (Å²) in [4.78, 5) is 17.3. The number of hydrogen-bond donors (Lipinski definition) is 1. The van der Waals surface area contributed by atoms with E-state index in [-0.39, 0.29) is 17.2 Å². The van der Waals surface area contributed by atoms with Crippen molar-refractivity contribution in [1.29, 1.82) is 5.26 Å². The Morgan fingerprint density at radius 1 is 1.28 bits per heavy atom. The molecule has 2 heterocycles. The summed E-state index contributed by atoms with van der Waals surface area (Å²) in [5, 5.41) is 15.9. The number of amides is 1. The van der Waals surface area contributed by atoms with E-state index in [0.29, 0.717) is 43.1 Å². The first-order valence-electron chi connectivity index (χ1n) is 10.3. The van der Waals surface area contributed by atoms with Crippen molar-refractivity contribution < 1.29 is 13.2 Å². The van der Waals surface area contributed by atoms with Gasteiger partial charge in [-0.15, -0.1) is 0 Å². The van der Waals surface area contributed by atoms with Gasteiger partial charge >= 0.3 is 0 Å². The van der Waals surface area contributed by atoms with Gasteiger partial charge < -0.3 is 9.88 Å². The number of sulfonamides is 1. The first kappa shape index (κ1) is 23.4. The standard InChI is InChI=1S/C21H27N7O3S/c1-5-27-18-8-7-16(32(30,31)26(3)4)14-17(18)23-19(27)9-10-21(29)24-20-13-15(2)25-28(20)12-6-11-22/h7-8,13-14H,5-6,9-10,12H2,1-4H3,(H,24,29). The van der Waals surface area contributed by atoms with E-state index in [1.165, 1.54) is 18.4 Å². The molecule has 0 spiro atoms. The summed E-state index contributed by atoms with van der Waals surface area (Å²) in [6, 6.07) is 8.73. The first-order valence-corrected chi connectivity index (χ1v) is 11.7. The molecule has 0 aliphatic heterocycles. The fraction of sp³-hybridized carbons (Fsp3) is 0.429. The van der Waals surface area contributed by atoms with Crippen LogP contribution in [0.3, 0.4) is 0 Å². The number of benzene rings is 1. The number of aromatic nitrogens is 4. The largest absolute Gasteiger partial charge is 0.328 e. The van der Waals surface area contributed by atoms with Crippen LogP contribution in [0.5, 0.6) is 0 Å². The maximum atomic E-state index is 12.6. The van der Waals surface area contributed by atoms with Crippen molar-refractivity contribution in [2.24, 2.45) is 0 Å². The van der Waals surface area contributed by atoms with Crippen LogP contribution < -0.4 is 5.32 Å². The maximum absolute atomic E-state index is 12.6. The third-order valence-corrected chi connectivity index (χ3v) is 6.89. The van der Waals surface area contributed by atoms with E-state index in [1.807, 2.05) is 18.4 Å². The molecule has 3 aromatic rings. The van der Waals surface area contributed by atoms with Gasteiger partial charge in [0.2, 0.25) is 15.9 Å². The molecule has 0 aliphatic rings. The minimum atomic E-state index is -3.56. The molecule has 0 unspecified atom stereocenters. The van der Waals surface area contributed by atoms with Crippen LogP contribution in [0.4, 0.5) is 5.82 Å². The number of rotatable bonds is 9. The molecule has 0 aliphatic carbocycles. The fourth-order valence-corrected chi connectivity index (χ4v) is 4.40. The molecule has 0 fully saturated rings. The highest BCUT2D eigenvalue weighted by Crippen LogP contribution is 2.23. The second-order valence-corrected chi connectivity index (χ2v) is 9.71. The molecule has 0 saturated carbocycles. The summed E-state index contributed by atoms with van der Waals surface area (Å²) < 4.78 is 29.6. The second-order valence-electron chi connectivity index (χ2n) is 7.56. The van der Waals surface area contributed by atoms with Crippen molar-refractivity contribution in [2.75, 3.05) is 19.4 Å². The number of hydrogen-bond acceptors (Lipinski definition) is 6. The predicted octanol–water partition coefficient (Wildman–Crippen LogP) is 2.30. The van der Waals surface area contributed by atoms with Gasteiger partial charge in [-0.05, 0) is 32.0 Å². The van der Waals surface area contributed by atoms with Gasteiger partial charge in [-0.25, -0.2) is 22.4 Å². The lowest BCUT2D eigenvalue weighted by atomic mass is 10.2. The predicted molar refractivity (Wildman–Crippen MR) is 120 cm³/mol. The molecule has 1 aromatic carbocycles. The highest BCUT2D eigenvalue weighted by atomic mass is 32.2. The van der Waals surface area contributed by atoms with E-state index in [2.05, 4.69) is 21.5 Å². The van der Waals surface area contributed by atoms with Crippen molar-refractivity contribution in [3.8, 4) is 6.07 Å². The zero-order chi connectivity index (χ0) is 23.5. The summed E-state index contributed by atoms with van der Waals surface area (Å²) in [6.45, 7) is 4.86. The van der Waals surface area contributed by atoms with Crippen LogP contribution in [-0.2, 0) is 34.3 Å². The Bertz CT molecular complexity index is 1280. The molecule has 0 atom stereocenters. The van der Waals surface area contributed by atoms with Crippen LogP contribution in [-0.4, -0.2) is 52.1 Å². The highest BCUT2D eigenvalue weighted by molar-refractivity contribution is 7.89. The number of fused-ring (bicyclic) bond motifs is 1. The molecular weight excluding hydrogens is 430 g/mol. The summed E-state index contributed by atoms with van der Waals surface area (Å²) in [6.07, 6.45) is 0.903. The quantitative estimate of drug-likeness (QED) is 0.525. The summed E-state index contributed by atoms with van der Waals surface area (Å²) >= 11 is 0. The summed E-state index contributed by atoms with van der Waals surface area (Å²) in [5.74, 6) is 1.09. The summed E-state index contributed by atoms with van der Waals surface area (Å²) in [7, 11) is -0.580. The highest BCUT2D eigenvalue weighted by Gasteiger charge is 2.20. The van der Waals surface area contributed by atoms with Crippen molar-refractivity contribution in [1.82, 2.24) is 23.6 Å². The van der Waals surface area contributed by atoms with E-state index in [9.17, 15) is 13.2 Å². The average Bonchev–Trinajstić information content (AvgIpc) is 3.28. The van der Waals surface area contributed by atoms with E-state index in [4.69, 9.17) is 5.26 Å². The van der Waals surface area contributed by atoms with Gasteiger partial charge in [0.15, 0.2) is 0 Å². The SMILES string of the molecule is CCn1c(CCC(=O)Nc2cc(C)nn2CCC#N)nc2cc(S(=O)(=O)N(C)C)ccc21. The van der Waals surface area contributed by atoms with Crippen molar-refractivity contribution in [3.05, 3.63) is 35.8 Å². The van der Waals surface area contributed by atoms with Crippen LogP contribution in [0.2, 0.25) is 0 Å². The zero-order valence-corrected chi connectivity index (χ0v) is 19.5. The molecule has 3 rings (SSSR count). The van der Waals surface area contributed by atoms with Crippen LogP contribution >= 0.6 is 0 Å². The molecule has 10 nitrogen and oxygen atoms in total. The third kappa shape index (κ3) is 4.81. The van der Waals surface area contributed by atoms with Crippen LogP contribution in [0, 0.1) is 18.3 Å². The molecule has 32 heavy (non-hydrogen) atoms. The molecule has 2 aromatic heterocycles. The smallest absolute Gasteiger partial charge is 0.242 e. The number of nitrogens with zero attached hydrogens (tertiary/aromatic N) is 6. The Morgan fingerprint density at radius 2 is 2.03 bits per heavy atom. The number of carbonyl (C=O) groups is 1. The van der Waals surface area contributed by atoms with Gasteiger partial charge in [-0.2, -0.15) is 10.4 Å². The third-order valence-electron chi connectivity index (χ3n) is 5.07. The normalized spacial score (nSPS) is 11.8. The Hall–Kier alpha value is -3.23. The second kappa shape index (κ2) is 9.50. The molecule has 1 amide bonds. The van der Waals surface area contributed by atoms with Gasteiger partial charge in [-0.3, -0.25) is 4.79 Å². The van der Waals surface area contributed by atoms with Crippen molar-refractivity contribution in [3.63, 3.8) is 0 Å². The molecular formula is C21H27N7O3S. The topological polar surface area (TPSA) is 126 Å². The van der Waals surface area contributed by atoms with Gasteiger partial charge in [0.05, 0.1) is 40.7 Å². The average molecular weight is 458 g/mol. The van der Waals surface area contributed by atoms with E-state index in [1.54, 1.807) is 28.9 Å². The van der Waals surface area contributed by atoms with Crippen LogP contribution in [0.15, 0.2) is 29.2 Å². The number of aryl methyl sites for hydroxylation is 4. The Kier molecular flexibility index (Phi) is 6.96. The lowest BCUT2D eigenvalue weighted by Crippen LogP contribution is -2.22.